The van der Waals surface area contributed by atoms with E-state index in [4.69, 9.17) is 9.47 Å². The number of allylic oxidation sites excluding steroid dienone is 1. The first kappa shape index (κ1) is 20.3. The number of aryl methyl sites for hydroxylation is 1. The number of aromatic nitrogens is 1. The van der Waals surface area contributed by atoms with Crippen molar-refractivity contribution in [2.75, 3.05) is 13.7 Å². The fourth-order valence-electron chi connectivity index (χ4n) is 2.81. The molecule has 0 bridgehead atoms. The maximum atomic E-state index is 12.3. The Bertz CT molecular complexity index is 960. The van der Waals surface area contributed by atoms with E-state index in [1.165, 1.54) is 5.56 Å². The first-order chi connectivity index (χ1) is 14.2. The number of methoxy groups -OCH3 is 1. The molecular formula is C25H25NO3. The number of ketones is 1. The molecule has 0 amide bonds. The van der Waals surface area contributed by atoms with Crippen molar-refractivity contribution in [3.05, 3.63) is 95.3 Å². The maximum Gasteiger partial charge on any atom is 0.185 e. The summed E-state index contributed by atoms with van der Waals surface area (Å²) in [5.74, 6) is 1.40. The molecule has 0 saturated heterocycles. The Morgan fingerprint density at radius 1 is 1.03 bits per heavy atom. The van der Waals surface area contributed by atoms with E-state index in [2.05, 4.69) is 24.0 Å². The van der Waals surface area contributed by atoms with Gasteiger partial charge in [-0.2, -0.15) is 0 Å². The van der Waals surface area contributed by atoms with Crippen LogP contribution in [-0.2, 0) is 12.8 Å². The molecule has 0 aliphatic carbocycles. The van der Waals surface area contributed by atoms with E-state index in [-0.39, 0.29) is 5.78 Å². The highest BCUT2D eigenvalue weighted by molar-refractivity contribution is 6.07. The van der Waals surface area contributed by atoms with Crippen LogP contribution >= 0.6 is 0 Å². The summed E-state index contributed by atoms with van der Waals surface area (Å²) >= 11 is 0. The number of rotatable bonds is 9. The maximum absolute atomic E-state index is 12.3. The van der Waals surface area contributed by atoms with Gasteiger partial charge in [-0.1, -0.05) is 43.3 Å². The van der Waals surface area contributed by atoms with Crippen molar-refractivity contribution in [1.82, 2.24) is 4.98 Å². The summed E-state index contributed by atoms with van der Waals surface area (Å²) in [4.78, 5) is 16.7. The minimum atomic E-state index is -0.0641. The number of hydrogen-bond acceptors (Lipinski definition) is 4. The SMILES string of the molecule is CCc1ccc(CCOc2ccc(/C=C/C(=O)c3cccc(OC)c3)cc2)nc1. The highest BCUT2D eigenvalue weighted by Crippen LogP contribution is 2.16. The average Bonchev–Trinajstić information content (AvgIpc) is 2.79. The number of hydrogen-bond donors (Lipinski definition) is 0. The van der Waals surface area contributed by atoms with Crippen LogP contribution in [0, 0.1) is 0 Å². The van der Waals surface area contributed by atoms with E-state index >= 15 is 0 Å². The number of carbonyl (C=O) groups is 1. The van der Waals surface area contributed by atoms with E-state index in [1.807, 2.05) is 36.5 Å². The molecule has 1 aromatic heterocycles. The van der Waals surface area contributed by atoms with Gasteiger partial charge < -0.3 is 9.47 Å². The number of benzene rings is 2. The highest BCUT2D eigenvalue weighted by Gasteiger charge is 2.03. The van der Waals surface area contributed by atoms with Gasteiger partial charge in [0.1, 0.15) is 11.5 Å². The first-order valence-corrected chi connectivity index (χ1v) is 9.71. The number of carbonyl (C=O) groups excluding carboxylic acids is 1. The number of pyridine rings is 1. The molecule has 0 unspecified atom stereocenters. The quantitative estimate of drug-likeness (QED) is 0.375. The molecule has 0 fully saturated rings. The lowest BCUT2D eigenvalue weighted by atomic mass is 10.1. The molecule has 3 aromatic rings. The standard InChI is InChI=1S/C25H25NO3/c1-3-19-7-11-22(26-18-19)15-16-29-23-12-8-20(9-13-23)10-14-25(27)21-5-4-6-24(17-21)28-2/h4-14,17-18H,3,15-16H2,1-2H3/b14-10+. The Kier molecular flexibility index (Phi) is 7.17. The van der Waals surface area contributed by atoms with Crippen LogP contribution in [0.2, 0.25) is 0 Å². The molecule has 0 saturated carbocycles. The monoisotopic (exact) mass is 387 g/mol. The Morgan fingerprint density at radius 3 is 2.55 bits per heavy atom. The molecule has 0 aliphatic heterocycles. The van der Waals surface area contributed by atoms with Crippen LogP contribution in [0.3, 0.4) is 0 Å². The Morgan fingerprint density at radius 2 is 1.86 bits per heavy atom. The van der Waals surface area contributed by atoms with E-state index in [9.17, 15) is 4.79 Å². The molecule has 1 heterocycles. The van der Waals surface area contributed by atoms with Gasteiger partial charge in [0.15, 0.2) is 5.78 Å². The first-order valence-electron chi connectivity index (χ1n) is 9.71. The van der Waals surface area contributed by atoms with Crippen molar-refractivity contribution in [1.29, 1.82) is 0 Å². The van der Waals surface area contributed by atoms with Crippen LogP contribution in [-0.4, -0.2) is 24.5 Å². The molecule has 3 rings (SSSR count). The van der Waals surface area contributed by atoms with Gasteiger partial charge >= 0.3 is 0 Å². The lowest BCUT2D eigenvalue weighted by Crippen LogP contribution is -2.03. The van der Waals surface area contributed by atoms with E-state index in [1.54, 1.807) is 37.5 Å². The summed E-state index contributed by atoms with van der Waals surface area (Å²) in [6.07, 6.45) is 7.04. The zero-order chi connectivity index (χ0) is 20.5. The molecular weight excluding hydrogens is 362 g/mol. The second kappa shape index (κ2) is 10.2. The average molecular weight is 387 g/mol. The second-order valence-electron chi connectivity index (χ2n) is 6.61. The number of nitrogens with zero attached hydrogens (tertiary/aromatic N) is 1. The molecule has 0 radical (unpaired) electrons. The third-order valence-corrected chi connectivity index (χ3v) is 4.58. The summed E-state index contributed by atoms with van der Waals surface area (Å²) in [6, 6.07) is 19.0. The highest BCUT2D eigenvalue weighted by atomic mass is 16.5. The van der Waals surface area contributed by atoms with Gasteiger partial charge in [-0.15, -0.1) is 0 Å². The predicted octanol–water partition coefficient (Wildman–Crippen LogP) is 5.17. The topological polar surface area (TPSA) is 48.4 Å². The zero-order valence-electron chi connectivity index (χ0n) is 16.8. The summed E-state index contributed by atoms with van der Waals surface area (Å²) < 4.78 is 11.0. The fraction of sp³-hybridized carbons (Fsp3) is 0.200. The molecule has 0 aliphatic rings. The molecule has 0 atom stereocenters. The summed E-state index contributed by atoms with van der Waals surface area (Å²) in [7, 11) is 1.58. The van der Waals surface area contributed by atoms with Gasteiger partial charge in [-0.3, -0.25) is 9.78 Å². The van der Waals surface area contributed by atoms with Crippen molar-refractivity contribution in [3.8, 4) is 11.5 Å². The second-order valence-corrected chi connectivity index (χ2v) is 6.61. The Balaban J connectivity index is 1.51. The molecule has 2 aromatic carbocycles. The van der Waals surface area contributed by atoms with Crippen LogP contribution in [0.25, 0.3) is 6.08 Å². The van der Waals surface area contributed by atoms with E-state index < -0.39 is 0 Å². The van der Waals surface area contributed by atoms with Gasteiger partial charge in [0, 0.05) is 23.9 Å². The van der Waals surface area contributed by atoms with Crippen LogP contribution in [0.15, 0.2) is 72.9 Å². The van der Waals surface area contributed by atoms with Crippen LogP contribution in [0.5, 0.6) is 11.5 Å². The zero-order valence-corrected chi connectivity index (χ0v) is 16.8. The van der Waals surface area contributed by atoms with Crippen molar-refractivity contribution < 1.29 is 14.3 Å². The van der Waals surface area contributed by atoms with E-state index in [0.29, 0.717) is 17.9 Å². The molecule has 0 N–H and O–H groups in total. The third-order valence-electron chi connectivity index (χ3n) is 4.58. The van der Waals surface area contributed by atoms with Crippen molar-refractivity contribution >= 4 is 11.9 Å². The molecule has 0 spiro atoms. The van der Waals surface area contributed by atoms with Crippen molar-refractivity contribution in [2.24, 2.45) is 0 Å². The van der Waals surface area contributed by atoms with Crippen molar-refractivity contribution in [2.45, 2.75) is 19.8 Å². The van der Waals surface area contributed by atoms with Gasteiger partial charge in [0.2, 0.25) is 0 Å². The lowest BCUT2D eigenvalue weighted by Gasteiger charge is -2.06. The lowest BCUT2D eigenvalue weighted by molar-refractivity contribution is 0.104. The molecule has 29 heavy (non-hydrogen) atoms. The van der Waals surface area contributed by atoms with Gasteiger partial charge in [-0.05, 0) is 54.0 Å². The summed E-state index contributed by atoms with van der Waals surface area (Å²) in [6.45, 7) is 2.69. The largest absolute Gasteiger partial charge is 0.497 e. The van der Waals surface area contributed by atoms with Gasteiger partial charge in [-0.25, -0.2) is 0 Å². The van der Waals surface area contributed by atoms with E-state index in [0.717, 1.165) is 29.8 Å². The van der Waals surface area contributed by atoms with Crippen LogP contribution in [0.4, 0.5) is 0 Å². The molecule has 4 heteroatoms. The predicted molar refractivity (Wildman–Crippen MR) is 116 cm³/mol. The van der Waals surface area contributed by atoms with Crippen LogP contribution < -0.4 is 9.47 Å². The fourth-order valence-corrected chi connectivity index (χ4v) is 2.81. The number of ether oxygens (including phenoxy) is 2. The van der Waals surface area contributed by atoms with Crippen molar-refractivity contribution in [3.63, 3.8) is 0 Å². The third kappa shape index (κ3) is 6.04. The minimum absolute atomic E-state index is 0.0641. The molecule has 4 nitrogen and oxygen atoms in total. The minimum Gasteiger partial charge on any atom is -0.497 e. The van der Waals surface area contributed by atoms with Gasteiger partial charge in [0.25, 0.3) is 0 Å². The molecule has 148 valence electrons. The Labute approximate surface area is 171 Å². The van der Waals surface area contributed by atoms with Gasteiger partial charge in [0.05, 0.1) is 13.7 Å². The Hall–Kier alpha value is -3.40. The summed E-state index contributed by atoms with van der Waals surface area (Å²) in [5.41, 5.74) is 3.80. The normalized spacial score (nSPS) is 10.8. The van der Waals surface area contributed by atoms with Crippen LogP contribution in [0.1, 0.15) is 34.1 Å². The summed E-state index contributed by atoms with van der Waals surface area (Å²) in [5, 5.41) is 0. The smallest absolute Gasteiger partial charge is 0.185 e.